The number of hydrogen-bond acceptors (Lipinski definition) is 4. The molecule has 1 amide bonds. The maximum atomic E-state index is 11.7. The van der Waals surface area contributed by atoms with Gasteiger partial charge in [0.15, 0.2) is 5.96 Å². The van der Waals surface area contributed by atoms with Crippen LogP contribution in [0.3, 0.4) is 0 Å². The third-order valence-corrected chi connectivity index (χ3v) is 4.64. The Morgan fingerprint density at radius 1 is 1.44 bits per heavy atom. The lowest BCUT2D eigenvalue weighted by molar-refractivity contribution is 0.146. The van der Waals surface area contributed by atoms with Crippen molar-refractivity contribution >= 4 is 23.4 Å². The first kappa shape index (κ1) is 21.3. The SMILES string of the molecule is CCOC(=O)NC(CNC(=NC)N(C)CCc1cccs1)CC(C)C. The number of guanidine groups is 1. The van der Waals surface area contributed by atoms with Crippen LogP contribution < -0.4 is 10.6 Å². The molecule has 0 aliphatic rings. The van der Waals surface area contributed by atoms with Gasteiger partial charge < -0.3 is 20.3 Å². The summed E-state index contributed by atoms with van der Waals surface area (Å²) in [7, 11) is 3.80. The van der Waals surface area contributed by atoms with Crippen LogP contribution in [0.4, 0.5) is 4.79 Å². The first-order valence-electron chi connectivity index (χ1n) is 8.83. The number of amides is 1. The highest BCUT2D eigenvalue weighted by Gasteiger charge is 2.16. The van der Waals surface area contributed by atoms with E-state index in [1.54, 1.807) is 25.3 Å². The van der Waals surface area contributed by atoms with Crippen LogP contribution in [0, 0.1) is 5.92 Å². The summed E-state index contributed by atoms with van der Waals surface area (Å²) in [5.41, 5.74) is 0. The fourth-order valence-corrected chi connectivity index (χ4v) is 3.24. The summed E-state index contributed by atoms with van der Waals surface area (Å²) >= 11 is 1.77. The summed E-state index contributed by atoms with van der Waals surface area (Å²) in [4.78, 5) is 19.5. The van der Waals surface area contributed by atoms with Gasteiger partial charge in [0.2, 0.25) is 0 Å². The van der Waals surface area contributed by atoms with Gasteiger partial charge in [-0.3, -0.25) is 4.99 Å². The van der Waals surface area contributed by atoms with Crippen LogP contribution in [0.1, 0.15) is 32.1 Å². The van der Waals surface area contributed by atoms with Crippen molar-refractivity contribution in [3.05, 3.63) is 22.4 Å². The molecule has 25 heavy (non-hydrogen) atoms. The molecule has 0 aliphatic heterocycles. The van der Waals surface area contributed by atoms with Gasteiger partial charge in [-0.25, -0.2) is 4.79 Å². The smallest absolute Gasteiger partial charge is 0.407 e. The summed E-state index contributed by atoms with van der Waals surface area (Å²) in [5, 5.41) is 8.38. The highest BCUT2D eigenvalue weighted by molar-refractivity contribution is 7.09. The van der Waals surface area contributed by atoms with Crippen LogP contribution >= 0.6 is 11.3 Å². The Bertz CT molecular complexity index is 517. The highest BCUT2D eigenvalue weighted by Crippen LogP contribution is 2.09. The Hall–Kier alpha value is -1.76. The molecule has 6 nitrogen and oxygen atoms in total. The molecule has 0 radical (unpaired) electrons. The number of nitrogens with zero attached hydrogens (tertiary/aromatic N) is 2. The molecule has 1 aromatic rings. The largest absolute Gasteiger partial charge is 0.450 e. The fourth-order valence-electron chi connectivity index (χ4n) is 2.54. The molecule has 1 heterocycles. The van der Waals surface area contributed by atoms with Crippen molar-refractivity contribution in [1.82, 2.24) is 15.5 Å². The van der Waals surface area contributed by atoms with E-state index in [0.29, 0.717) is 19.1 Å². The van der Waals surface area contributed by atoms with Crippen LogP contribution in [-0.4, -0.2) is 56.8 Å². The molecule has 7 heteroatoms. The molecule has 142 valence electrons. The number of rotatable bonds is 9. The van der Waals surface area contributed by atoms with Crippen LogP contribution in [0.15, 0.2) is 22.5 Å². The van der Waals surface area contributed by atoms with Crippen molar-refractivity contribution in [3.63, 3.8) is 0 Å². The third kappa shape index (κ3) is 8.77. The van der Waals surface area contributed by atoms with E-state index in [1.165, 1.54) is 4.88 Å². The van der Waals surface area contributed by atoms with E-state index in [4.69, 9.17) is 4.74 Å². The number of carbonyl (C=O) groups is 1. The number of ether oxygens (including phenoxy) is 1. The Morgan fingerprint density at radius 2 is 2.20 bits per heavy atom. The normalized spacial score (nSPS) is 12.8. The van der Waals surface area contributed by atoms with Crippen molar-refractivity contribution in [2.45, 2.75) is 39.7 Å². The van der Waals surface area contributed by atoms with Crippen LogP contribution in [-0.2, 0) is 11.2 Å². The van der Waals surface area contributed by atoms with Gasteiger partial charge in [0.25, 0.3) is 0 Å². The lowest BCUT2D eigenvalue weighted by atomic mass is 10.0. The lowest BCUT2D eigenvalue weighted by Crippen LogP contribution is -2.48. The predicted molar refractivity (Wildman–Crippen MR) is 105 cm³/mol. The molecule has 1 atom stereocenters. The quantitative estimate of drug-likeness (QED) is 0.519. The van der Waals surface area contributed by atoms with E-state index in [2.05, 4.69) is 51.9 Å². The first-order chi connectivity index (χ1) is 12.0. The average molecular weight is 369 g/mol. The standard InChI is InChI=1S/C18H32N4O2S/c1-6-24-18(23)21-15(12-14(2)3)13-20-17(19-4)22(5)10-9-16-8-7-11-25-16/h7-8,11,14-15H,6,9-10,12-13H2,1-5H3,(H,19,20)(H,21,23). The van der Waals surface area contributed by atoms with Gasteiger partial charge >= 0.3 is 6.09 Å². The van der Waals surface area contributed by atoms with Gasteiger partial charge in [-0.2, -0.15) is 0 Å². The van der Waals surface area contributed by atoms with Gasteiger partial charge in [0.1, 0.15) is 0 Å². The van der Waals surface area contributed by atoms with Crippen molar-refractivity contribution in [3.8, 4) is 0 Å². The topological polar surface area (TPSA) is 66.0 Å². The molecule has 0 aliphatic carbocycles. The van der Waals surface area contributed by atoms with Crippen LogP contribution in [0.5, 0.6) is 0 Å². The maximum absolute atomic E-state index is 11.7. The van der Waals surface area contributed by atoms with Crippen molar-refractivity contribution in [2.24, 2.45) is 10.9 Å². The minimum atomic E-state index is -0.365. The summed E-state index contributed by atoms with van der Waals surface area (Å²) in [6.45, 7) is 7.97. The minimum Gasteiger partial charge on any atom is -0.450 e. The minimum absolute atomic E-state index is 0.00139. The van der Waals surface area contributed by atoms with Gasteiger partial charge in [0.05, 0.1) is 6.61 Å². The average Bonchev–Trinajstić information content (AvgIpc) is 3.06. The number of alkyl carbamates (subject to hydrolysis) is 1. The number of hydrogen-bond donors (Lipinski definition) is 2. The van der Waals surface area contributed by atoms with E-state index >= 15 is 0 Å². The molecule has 0 fully saturated rings. The zero-order chi connectivity index (χ0) is 18.7. The number of aliphatic imine (C=N–C) groups is 1. The monoisotopic (exact) mass is 368 g/mol. The second kappa shape index (κ2) is 11.7. The predicted octanol–water partition coefficient (Wildman–Crippen LogP) is 2.96. The van der Waals surface area contributed by atoms with Crippen molar-refractivity contribution in [2.75, 3.05) is 33.8 Å². The molecular weight excluding hydrogens is 336 g/mol. The molecule has 0 saturated carbocycles. The lowest BCUT2D eigenvalue weighted by Gasteiger charge is -2.25. The molecule has 0 spiro atoms. The highest BCUT2D eigenvalue weighted by atomic mass is 32.1. The molecule has 0 aromatic carbocycles. The molecule has 2 N–H and O–H groups in total. The number of nitrogens with one attached hydrogen (secondary N) is 2. The Kier molecular flexibility index (Phi) is 9.99. The van der Waals surface area contributed by atoms with Gasteiger partial charge in [0, 0.05) is 38.1 Å². The molecule has 1 aromatic heterocycles. The van der Waals surface area contributed by atoms with E-state index in [-0.39, 0.29) is 12.1 Å². The Morgan fingerprint density at radius 3 is 2.76 bits per heavy atom. The van der Waals surface area contributed by atoms with Gasteiger partial charge in [-0.15, -0.1) is 11.3 Å². The summed E-state index contributed by atoms with van der Waals surface area (Å²) in [6, 6.07) is 4.22. The zero-order valence-electron chi connectivity index (χ0n) is 16.0. The van der Waals surface area contributed by atoms with Crippen LogP contribution in [0.2, 0.25) is 0 Å². The summed E-state index contributed by atoms with van der Waals surface area (Å²) in [5.74, 6) is 1.31. The fraction of sp³-hybridized carbons (Fsp3) is 0.667. The van der Waals surface area contributed by atoms with Crippen molar-refractivity contribution < 1.29 is 9.53 Å². The zero-order valence-corrected chi connectivity index (χ0v) is 16.9. The van der Waals surface area contributed by atoms with Gasteiger partial charge in [-0.1, -0.05) is 19.9 Å². The number of likely N-dealkylation sites (N-methyl/N-ethyl adjacent to an activating group) is 1. The van der Waals surface area contributed by atoms with E-state index < -0.39 is 0 Å². The van der Waals surface area contributed by atoms with Crippen LogP contribution in [0.25, 0.3) is 0 Å². The maximum Gasteiger partial charge on any atom is 0.407 e. The molecular formula is C18H32N4O2S. The van der Waals surface area contributed by atoms with E-state index in [0.717, 1.165) is 25.3 Å². The summed E-state index contributed by atoms with van der Waals surface area (Å²) in [6.07, 6.45) is 1.50. The first-order valence-corrected chi connectivity index (χ1v) is 9.71. The van der Waals surface area contributed by atoms with Crippen molar-refractivity contribution in [1.29, 1.82) is 0 Å². The molecule has 1 rings (SSSR count). The molecule has 1 unspecified atom stereocenters. The third-order valence-electron chi connectivity index (χ3n) is 3.71. The summed E-state index contributed by atoms with van der Waals surface area (Å²) < 4.78 is 5.00. The van der Waals surface area contributed by atoms with E-state index in [1.807, 2.05) is 7.05 Å². The second-order valence-electron chi connectivity index (χ2n) is 6.37. The van der Waals surface area contributed by atoms with E-state index in [9.17, 15) is 4.79 Å². The molecule has 0 saturated heterocycles. The number of carbonyl (C=O) groups excluding carboxylic acids is 1. The Labute approximate surface area is 155 Å². The Balaban J connectivity index is 2.50. The molecule has 0 bridgehead atoms. The number of thiophene rings is 1. The van der Waals surface area contributed by atoms with Gasteiger partial charge in [-0.05, 0) is 37.1 Å². The second-order valence-corrected chi connectivity index (χ2v) is 7.40.